The van der Waals surface area contributed by atoms with Crippen LogP contribution in [0.5, 0.6) is 0 Å². The second kappa shape index (κ2) is 6.95. The zero-order valence-corrected chi connectivity index (χ0v) is 14.5. The number of anilines is 2. The molecule has 0 spiro atoms. The Bertz CT molecular complexity index is 682. The lowest BCUT2D eigenvalue weighted by Gasteiger charge is -2.34. The summed E-state index contributed by atoms with van der Waals surface area (Å²) in [6.45, 7) is 6.50. The van der Waals surface area contributed by atoms with Crippen LogP contribution in [-0.4, -0.2) is 62.2 Å². The van der Waals surface area contributed by atoms with Crippen molar-refractivity contribution in [1.82, 2.24) is 15.2 Å². The van der Waals surface area contributed by atoms with Crippen molar-refractivity contribution in [2.75, 3.05) is 56.5 Å². The summed E-state index contributed by atoms with van der Waals surface area (Å²) in [5.41, 5.74) is 1.24. The molecule has 0 aliphatic carbocycles. The fourth-order valence-electron chi connectivity index (χ4n) is 3.78. The van der Waals surface area contributed by atoms with Crippen LogP contribution >= 0.6 is 0 Å². The molecule has 2 fully saturated rings. The lowest BCUT2D eigenvalue weighted by Crippen LogP contribution is -2.45. The summed E-state index contributed by atoms with van der Waals surface area (Å²) in [7, 11) is 2.19. The van der Waals surface area contributed by atoms with Crippen LogP contribution in [0.25, 0.3) is 10.8 Å². The number of rotatable bonds is 3. The number of piperazine rings is 1. The fourth-order valence-corrected chi connectivity index (χ4v) is 3.78. The Hall–Kier alpha value is -1.85. The van der Waals surface area contributed by atoms with E-state index in [9.17, 15) is 0 Å². The van der Waals surface area contributed by atoms with E-state index in [-0.39, 0.29) is 0 Å². The van der Waals surface area contributed by atoms with E-state index < -0.39 is 0 Å². The van der Waals surface area contributed by atoms with Crippen LogP contribution in [-0.2, 0) is 0 Å². The number of pyridine rings is 1. The molecule has 2 aromatic rings. The molecule has 0 radical (unpaired) electrons. The third kappa shape index (κ3) is 3.19. The van der Waals surface area contributed by atoms with E-state index in [0.717, 1.165) is 45.1 Å². The van der Waals surface area contributed by atoms with Crippen molar-refractivity contribution >= 4 is 22.3 Å². The van der Waals surface area contributed by atoms with Gasteiger partial charge < -0.3 is 20.4 Å². The molecule has 2 aliphatic rings. The maximum Gasteiger partial charge on any atom is 0.138 e. The highest BCUT2D eigenvalue weighted by Crippen LogP contribution is 2.32. The summed E-state index contributed by atoms with van der Waals surface area (Å²) >= 11 is 0. The number of aromatic nitrogens is 1. The summed E-state index contributed by atoms with van der Waals surface area (Å²) in [6, 6.07) is 9.25. The molecule has 5 nitrogen and oxygen atoms in total. The molecule has 24 heavy (non-hydrogen) atoms. The lowest BCUT2D eigenvalue weighted by molar-refractivity contribution is 0.312. The van der Waals surface area contributed by atoms with E-state index in [0.29, 0.717) is 6.04 Å². The van der Waals surface area contributed by atoms with Gasteiger partial charge in [-0.2, -0.15) is 0 Å². The molecular weight excluding hydrogens is 298 g/mol. The zero-order chi connectivity index (χ0) is 16.4. The van der Waals surface area contributed by atoms with E-state index in [1.807, 2.05) is 6.20 Å². The minimum absolute atomic E-state index is 0.553. The summed E-state index contributed by atoms with van der Waals surface area (Å²) in [5, 5.41) is 9.79. The van der Waals surface area contributed by atoms with E-state index in [2.05, 4.69) is 51.7 Å². The average Bonchev–Trinajstić information content (AvgIpc) is 2.63. The van der Waals surface area contributed by atoms with E-state index >= 15 is 0 Å². The van der Waals surface area contributed by atoms with Gasteiger partial charge in [-0.05, 0) is 50.5 Å². The SMILES string of the molecule is CN1CCN(c2nccc3cccc(NC4CCNCC4)c23)CC1. The van der Waals surface area contributed by atoms with Gasteiger partial charge in [0, 0.05) is 49.5 Å². The van der Waals surface area contributed by atoms with E-state index in [1.54, 1.807) is 0 Å². The molecule has 3 heterocycles. The van der Waals surface area contributed by atoms with Gasteiger partial charge in [-0.1, -0.05) is 12.1 Å². The third-order valence-electron chi connectivity index (χ3n) is 5.27. The van der Waals surface area contributed by atoms with Crippen molar-refractivity contribution in [3.63, 3.8) is 0 Å². The van der Waals surface area contributed by atoms with Gasteiger partial charge >= 0.3 is 0 Å². The van der Waals surface area contributed by atoms with Gasteiger partial charge in [-0.15, -0.1) is 0 Å². The molecule has 2 saturated heterocycles. The highest BCUT2D eigenvalue weighted by atomic mass is 15.3. The van der Waals surface area contributed by atoms with Gasteiger partial charge in [0.15, 0.2) is 0 Å². The molecule has 0 saturated carbocycles. The van der Waals surface area contributed by atoms with E-state index in [4.69, 9.17) is 4.98 Å². The lowest BCUT2D eigenvalue weighted by atomic mass is 10.0. The van der Waals surface area contributed by atoms with Crippen LogP contribution in [0, 0.1) is 0 Å². The summed E-state index contributed by atoms with van der Waals surface area (Å²) in [6.07, 6.45) is 4.31. The number of benzene rings is 1. The molecule has 2 aliphatic heterocycles. The molecule has 0 amide bonds. The Kier molecular flexibility index (Phi) is 4.54. The molecule has 128 valence electrons. The smallest absolute Gasteiger partial charge is 0.138 e. The molecule has 2 N–H and O–H groups in total. The first-order chi connectivity index (χ1) is 11.8. The van der Waals surface area contributed by atoms with Gasteiger partial charge in [-0.25, -0.2) is 4.98 Å². The average molecular weight is 325 g/mol. The number of piperidine rings is 1. The van der Waals surface area contributed by atoms with Gasteiger partial charge in [-0.3, -0.25) is 0 Å². The number of likely N-dealkylation sites (N-methyl/N-ethyl adjacent to an activating group) is 1. The predicted octanol–water partition coefficient (Wildman–Crippen LogP) is 2.15. The minimum atomic E-state index is 0.553. The van der Waals surface area contributed by atoms with Crippen LogP contribution in [0.15, 0.2) is 30.5 Å². The molecule has 0 bridgehead atoms. The number of nitrogens with zero attached hydrogens (tertiary/aromatic N) is 3. The number of nitrogens with one attached hydrogen (secondary N) is 2. The summed E-state index contributed by atoms with van der Waals surface area (Å²) in [4.78, 5) is 9.59. The van der Waals surface area contributed by atoms with Crippen LogP contribution in [0.2, 0.25) is 0 Å². The highest BCUT2D eigenvalue weighted by molar-refractivity contribution is 6.02. The van der Waals surface area contributed by atoms with Crippen molar-refractivity contribution < 1.29 is 0 Å². The van der Waals surface area contributed by atoms with Crippen molar-refractivity contribution in [2.45, 2.75) is 18.9 Å². The second-order valence-corrected chi connectivity index (χ2v) is 7.00. The van der Waals surface area contributed by atoms with Gasteiger partial charge in [0.1, 0.15) is 5.82 Å². The molecular formula is C19H27N5. The Balaban J connectivity index is 1.68. The predicted molar refractivity (Wildman–Crippen MR) is 101 cm³/mol. The first-order valence-corrected chi connectivity index (χ1v) is 9.10. The topological polar surface area (TPSA) is 43.4 Å². The van der Waals surface area contributed by atoms with Crippen LogP contribution in [0.4, 0.5) is 11.5 Å². The number of fused-ring (bicyclic) bond motifs is 1. The van der Waals surface area contributed by atoms with Gasteiger partial charge in [0.2, 0.25) is 0 Å². The van der Waals surface area contributed by atoms with Gasteiger partial charge in [0.05, 0.1) is 0 Å². The van der Waals surface area contributed by atoms with Crippen LogP contribution < -0.4 is 15.5 Å². The highest BCUT2D eigenvalue weighted by Gasteiger charge is 2.20. The standard InChI is InChI=1S/C19H27N5/c1-23-11-13-24(14-12-23)19-18-15(5-10-21-19)3-2-4-17(18)22-16-6-8-20-9-7-16/h2-5,10,16,20,22H,6-9,11-14H2,1H3. The minimum Gasteiger partial charge on any atom is -0.382 e. The first-order valence-electron chi connectivity index (χ1n) is 9.10. The summed E-state index contributed by atoms with van der Waals surface area (Å²) < 4.78 is 0. The Morgan fingerprint density at radius 2 is 1.88 bits per heavy atom. The van der Waals surface area contributed by atoms with Gasteiger partial charge in [0.25, 0.3) is 0 Å². The van der Waals surface area contributed by atoms with Crippen molar-refractivity contribution in [3.8, 4) is 0 Å². The normalized spacial score (nSPS) is 20.5. The largest absolute Gasteiger partial charge is 0.382 e. The molecule has 0 unspecified atom stereocenters. The third-order valence-corrected chi connectivity index (χ3v) is 5.27. The second-order valence-electron chi connectivity index (χ2n) is 7.00. The fraction of sp³-hybridized carbons (Fsp3) is 0.526. The Labute approximate surface area is 144 Å². The number of hydrogen-bond acceptors (Lipinski definition) is 5. The molecule has 1 aromatic heterocycles. The Morgan fingerprint density at radius 1 is 1.08 bits per heavy atom. The quantitative estimate of drug-likeness (QED) is 0.905. The van der Waals surface area contributed by atoms with Crippen molar-refractivity contribution in [1.29, 1.82) is 0 Å². The molecule has 4 rings (SSSR count). The maximum absolute atomic E-state index is 4.76. The zero-order valence-electron chi connectivity index (χ0n) is 14.5. The number of hydrogen-bond donors (Lipinski definition) is 2. The van der Waals surface area contributed by atoms with Crippen LogP contribution in [0.3, 0.4) is 0 Å². The molecule has 1 aromatic carbocycles. The van der Waals surface area contributed by atoms with Crippen molar-refractivity contribution in [3.05, 3.63) is 30.5 Å². The molecule has 0 atom stereocenters. The first kappa shape index (κ1) is 15.7. The van der Waals surface area contributed by atoms with Crippen LogP contribution in [0.1, 0.15) is 12.8 Å². The Morgan fingerprint density at radius 3 is 2.67 bits per heavy atom. The molecule has 5 heteroatoms. The maximum atomic E-state index is 4.76. The summed E-state index contributed by atoms with van der Waals surface area (Å²) in [5.74, 6) is 1.14. The van der Waals surface area contributed by atoms with Crippen molar-refractivity contribution in [2.24, 2.45) is 0 Å². The van der Waals surface area contributed by atoms with E-state index in [1.165, 1.54) is 29.3 Å². The monoisotopic (exact) mass is 325 g/mol.